The van der Waals surface area contributed by atoms with Crippen molar-refractivity contribution in [1.29, 1.82) is 0 Å². The Morgan fingerprint density at radius 3 is 1.31 bits per heavy atom. The van der Waals surface area contributed by atoms with Gasteiger partial charge >= 0.3 is 17.9 Å². The first-order valence-electron chi connectivity index (χ1n) is 12.6. The van der Waals surface area contributed by atoms with E-state index in [0.717, 1.165) is 5.92 Å². The van der Waals surface area contributed by atoms with Crippen LogP contribution in [0, 0.1) is 18.3 Å². The number of esters is 3. The normalized spacial score (nSPS) is 11.0. The molecule has 0 spiro atoms. The average molecular weight is 514 g/mol. The highest BCUT2D eigenvalue weighted by Crippen LogP contribution is 2.28. The molecule has 1 amide bonds. The lowest BCUT2D eigenvalue weighted by Gasteiger charge is -2.34. The number of hydrogen-bond acceptors (Lipinski definition) is 7. The first kappa shape index (κ1) is 38.0. The Morgan fingerprint density at radius 2 is 1.06 bits per heavy atom. The van der Waals surface area contributed by atoms with Gasteiger partial charge in [-0.2, -0.15) is 0 Å². The van der Waals surface area contributed by atoms with Crippen molar-refractivity contribution in [3.8, 4) is 12.3 Å². The van der Waals surface area contributed by atoms with E-state index in [1.54, 1.807) is 41.5 Å². The minimum Gasteiger partial charge on any atom is -0.469 e. The predicted molar refractivity (Wildman–Crippen MR) is 143 cm³/mol. The van der Waals surface area contributed by atoms with E-state index in [1.807, 2.05) is 19.8 Å². The minimum absolute atomic E-state index is 0.0238. The van der Waals surface area contributed by atoms with Crippen LogP contribution in [0.4, 0.5) is 0 Å². The number of hydrogen-bond donors (Lipinski definition) is 1. The highest BCUT2D eigenvalue weighted by molar-refractivity contribution is 5.93. The van der Waals surface area contributed by atoms with E-state index in [0.29, 0.717) is 0 Å². The quantitative estimate of drug-likeness (QED) is 0.238. The maximum Gasteiger partial charge on any atom is 0.306 e. The molecule has 0 saturated carbocycles. The topological polar surface area (TPSA) is 108 Å². The molecule has 0 aliphatic rings. The standard InChI is InChI=1S/C22H35NO7.C4H10.C2H6/c1-9-16(24)23-22(13-10-17(25)28-8,14-11-18(26)29-20(2,3)4)15-12-19(27)30-21(5,6)7;1-4(2)3;1-2/h1H,10-15H2,2-8H3,(H,23,24);4H,1-3H3;1-2H3. The van der Waals surface area contributed by atoms with Crippen LogP contribution in [0.25, 0.3) is 0 Å². The summed E-state index contributed by atoms with van der Waals surface area (Å²) in [6.45, 7) is 21.0. The van der Waals surface area contributed by atoms with Crippen LogP contribution in [0.5, 0.6) is 0 Å². The Hall–Kier alpha value is -2.56. The second-order valence-electron chi connectivity index (χ2n) is 10.9. The van der Waals surface area contributed by atoms with Gasteiger partial charge in [-0.05, 0) is 72.6 Å². The van der Waals surface area contributed by atoms with Gasteiger partial charge in [0.05, 0.1) is 7.11 Å². The fourth-order valence-corrected chi connectivity index (χ4v) is 2.75. The molecule has 8 nitrogen and oxygen atoms in total. The number of methoxy groups -OCH3 is 1. The van der Waals surface area contributed by atoms with Gasteiger partial charge in [0, 0.05) is 24.8 Å². The zero-order valence-electron chi connectivity index (χ0n) is 24.8. The summed E-state index contributed by atoms with van der Waals surface area (Å²) in [6.07, 6.45) is 5.52. The van der Waals surface area contributed by atoms with Crippen molar-refractivity contribution < 1.29 is 33.4 Å². The second kappa shape index (κ2) is 18.7. The highest BCUT2D eigenvalue weighted by atomic mass is 16.6. The van der Waals surface area contributed by atoms with Gasteiger partial charge in [-0.25, -0.2) is 0 Å². The largest absolute Gasteiger partial charge is 0.469 e. The summed E-state index contributed by atoms with van der Waals surface area (Å²) in [5.41, 5.74) is -2.40. The number of ether oxygens (including phenoxy) is 3. The molecule has 8 heteroatoms. The molecule has 0 unspecified atom stereocenters. The van der Waals surface area contributed by atoms with Gasteiger partial charge < -0.3 is 19.5 Å². The van der Waals surface area contributed by atoms with Crippen molar-refractivity contribution >= 4 is 23.8 Å². The average Bonchev–Trinajstić information content (AvgIpc) is 2.73. The van der Waals surface area contributed by atoms with Gasteiger partial charge in [0.25, 0.3) is 5.91 Å². The number of amides is 1. The maximum absolute atomic E-state index is 12.2. The van der Waals surface area contributed by atoms with Gasteiger partial charge in [0.1, 0.15) is 11.2 Å². The Bertz CT molecular complexity index is 672. The number of terminal acetylenes is 1. The molecule has 1 N–H and O–H groups in total. The molecular weight excluding hydrogens is 462 g/mol. The lowest BCUT2D eigenvalue weighted by Crippen LogP contribution is -2.49. The molecule has 0 rings (SSSR count). The Morgan fingerprint density at radius 1 is 0.750 bits per heavy atom. The van der Waals surface area contributed by atoms with E-state index < -0.39 is 40.6 Å². The molecule has 0 aromatic rings. The highest BCUT2D eigenvalue weighted by Gasteiger charge is 2.35. The van der Waals surface area contributed by atoms with Crippen LogP contribution in [0.3, 0.4) is 0 Å². The van der Waals surface area contributed by atoms with E-state index in [-0.39, 0.29) is 38.5 Å². The van der Waals surface area contributed by atoms with Crippen molar-refractivity contribution in [2.75, 3.05) is 7.11 Å². The van der Waals surface area contributed by atoms with Gasteiger partial charge in [-0.15, -0.1) is 6.42 Å². The predicted octanol–water partition coefficient (Wildman–Crippen LogP) is 5.36. The third-order valence-electron chi connectivity index (χ3n) is 4.00. The van der Waals surface area contributed by atoms with Crippen LogP contribution in [0.2, 0.25) is 0 Å². The van der Waals surface area contributed by atoms with Gasteiger partial charge in [0.15, 0.2) is 0 Å². The maximum atomic E-state index is 12.2. The van der Waals surface area contributed by atoms with Gasteiger partial charge in [0.2, 0.25) is 0 Å². The molecule has 36 heavy (non-hydrogen) atoms. The fourth-order valence-electron chi connectivity index (χ4n) is 2.75. The third-order valence-corrected chi connectivity index (χ3v) is 4.00. The van der Waals surface area contributed by atoms with E-state index in [9.17, 15) is 19.2 Å². The van der Waals surface area contributed by atoms with Crippen molar-refractivity contribution in [3.63, 3.8) is 0 Å². The molecule has 0 aliphatic carbocycles. The molecule has 0 atom stereocenters. The van der Waals surface area contributed by atoms with Crippen LogP contribution in [-0.2, 0) is 33.4 Å². The van der Waals surface area contributed by atoms with Gasteiger partial charge in [-0.1, -0.05) is 34.6 Å². The van der Waals surface area contributed by atoms with Crippen LogP contribution in [0.1, 0.15) is 115 Å². The summed E-state index contributed by atoms with van der Waals surface area (Å²) in [5, 5.41) is 2.70. The Kier molecular flexibility index (Phi) is 19.7. The Labute approximate surface area is 219 Å². The number of carbonyl (C=O) groups excluding carboxylic acids is 4. The Balaban J connectivity index is -0.00000164. The summed E-state index contributed by atoms with van der Waals surface area (Å²) in [4.78, 5) is 48.1. The molecule has 0 aromatic carbocycles. The molecular formula is C28H51NO7. The minimum atomic E-state index is -1.08. The fraction of sp³-hybridized carbons (Fsp3) is 0.786. The lowest BCUT2D eigenvalue weighted by molar-refractivity contribution is -0.155. The molecule has 0 aliphatic heterocycles. The van der Waals surface area contributed by atoms with E-state index in [2.05, 4.69) is 30.8 Å². The second-order valence-corrected chi connectivity index (χ2v) is 10.9. The van der Waals surface area contributed by atoms with Crippen molar-refractivity contribution in [2.45, 2.75) is 131 Å². The van der Waals surface area contributed by atoms with Crippen LogP contribution in [0.15, 0.2) is 0 Å². The zero-order chi connectivity index (χ0) is 29.2. The zero-order valence-corrected chi connectivity index (χ0v) is 24.8. The molecule has 0 heterocycles. The van der Waals surface area contributed by atoms with Crippen molar-refractivity contribution in [2.24, 2.45) is 5.92 Å². The summed E-state index contributed by atoms with van der Waals surface area (Å²) < 4.78 is 15.3. The SMILES string of the molecule is C#CC(=O)NC(CCC(=O)OC)(CCC(=O)OC(C)(C)C)CCC(=O)OC(C)(C)C.CC.CC(C)C. The monoisotopic (exact) mass is 513 g/mol. The molecule has 0 fully saturated rings. The lowest BCUT2D eigenvalue weighted by atomic mass is 9.83. The molecule has 210 valence electrons. The van der Waals surface area contributed by atoms with Crippen LogP contribution < -0.4 is 5.32 Å². The first-order valence-corrected chi connectivity index (χ1v) is 12.6. The first-order chi connectivity index (χ1) is 16.3. The van der Waals surface area contributed by atoms with Crippen molar-refractivity contribution in [3.05, 3.63) is 0 Å². The summed E-state index contributed by atoms with van der Waals surface area (Å²) in [7, 11) is 1.26. The molecule has 0 bridgehead atoms. The van der Waals surface area contributed by atoms with E-state index in [4.69, 9.17) is 15.9 Å². The van der Waals surface area contributed by atoms with E-state index >= 15 is 0 Å². The summed E-state index contributed by atoms with van der Waals surface area (Å²) in [5.74, 6) is 0.703. The number of rotatable bonds is 10. The molecule has 0 radical (unpaired) electrons. The van der Waals surface area contributed by atoms with Crippen LogP contribution >= 0.6 is 0 Å². The third kappa shape index (κ3) is 24.6. The molecule has 0 saturated heterocycles. The molecule has 0 aromatic heterocycles. The van der Waals surface area contributed by atoms with Crippen LogP contribution in [-0.4, -0.2) is 47.7 Å². The summed E-state index contributed by atoms with van der Waals surface area (Å²) >= 11 is 0. The summed E-state index contributed by atoms with van der Waals surface area (Å²) in [6, 6.07) is 0. The van der Waals surface area contributed by atoms with Gasteiger partial charge in [-0.3, -0.25) is 19.2 Å². The number of carbonyl (C=O) groups is 4. The number of nitrogens with one attached hydrogen (secondary N) is 1. The van der Waals surface area contributed by atoms with E-state index in [1.165, 1.54) is 7.11 Å². The van der Waals surface area contributed by atoms with Crippen molar-refractivity contribution in [1.82, 2.24) is 5.32 Å². The smallest absolute Gasteiger partial charge is 0.306 e.